The number of carboxylic acids is 1. The Morgan fingerprint density at radius 2 is 2.00 bits per heavy atom. The van der Waals surface area contributed by atoms with Gasteiger partial charge in [0.15, 0.2) is 0 Å². The third-order valence-electron chi connectivity index (χ3n) is 2.81. The van der Waals surface area contributed by atoms with Crippen molar-refractivity contribution >= 4 is 5.97 Å². The first kappa shape index (κ1) is 12.7. The molecule has 0 spiro atoms. The number of carbonyl (C=O) groups is 1. The predicted octanol–water partition coefficient (Wildman–Crippen LogP) is 1.83. The number of aromatic nitrogens is 3. The topological polar surface area (TPSA) is 68.0 Å². The number of rotatable bonds is 6. The highest BCUT2D eigenvalue weighted by molar-refractivity contribution is 5.69. The van der Waals surface area contributed by atoms with E-state index in [0.29, 0.717) is 11.7 Å². The van der Waals surface area contributed by atoms with Gasteiger partial charge in [-0.1, -0.05) is 26.0 Å². The second kappa shape index (κ2) is 5.63. The molecule has 5 heteroatoms. The summed E-state index contributed by atoms with van der Waals surface area (Å²) in [5.41, 5.74) is 1.55. The van der Waals surface area contributed by atoms with Crippen molar-refractivity contribution in [2.75, 3.05) is 0 Å². The van der Waals surface area contributed by atoms with E-state index in [1.807, 2.05) is 11.6 Å². The maximum atomic E-state index is 10.7. The molecule has 0 aliphatic carbocycles. The molecule has 1 aromatic rings. The zero-order chi connectivity index (χ0) is 12.1. The van der Waals surface area contributed by atoms with Gasteiger partial charge < -0.3 is 5.11 Å². The summed E-state index contributed by atoms with van der Waals surface area (Å²) in [7, 11) is 0. The van der Waals surface area contributed by atoms with Crippen molar-refractivity contribution in [2.24, 2.45) is 0 Å². The Morgan fingerprint density at radius 3 is 2.44 bits per heavy atom. The Hall–Kier alpha value is -1.39. The van der Waals surface area contributed by atoms with Gasteiger partial charge in [0, 0.05) is 0 Å². The molecule has 0 radical (unpaired) electrons. The number of hydrogen-bond acceptors (Lipinski definition) is 3. The molecule has 90 valence electrons. The molecule has 0 amide bonds. The van der Waals surface area contributed by atoms with Gasteiger partial charge in [-0.2, -0.15) is 0 Å². The minimum atomic E-state index is -0.855. The normalized spacial score (nSPS) is 11.0. The SMILES string of the molecule is CCc1c(CC(=O)O)nnn1C(CC)CC. The van der Waals surface area contributed by atoms with Crippen LogP contribution in [-0.2, 0) is 17.6 Å². The lowest BCUT2D eigenvalue weighted by atomic mass is 10.1. The second-order valence-corrected chi connectivity index (χ2v) is 3.82. The van der Waals surface area contributed by atoms with Crippen LogP contribution < -0.4 is 0 Å². The van der Waals surface area contributed by atoms with Gasteiger partial charge in [-0.15, -0.1) is 5.10 Å². The maximum Gasteiger partial charge on any atom is 0.309 e. The van der Waals surface area contributed by atoms with E-state index in [1.54, 1.807) is 0 Å². The molecule has 0 saturated heterocycles. The monoisotopic (exact) mass is 225 g/mol. The fraction of sp³-hybridized carbons (Fsp3) is 0.727. The van der Waals surface area contributed by atoms with E-state index < -0.39 is 5.97 Å². The van der Waals surface area contributed by atoms with E-state index in [-0.39, 0.29) is 6.42 Å². The smallest absolute Gasteiger partial charge is 0.309 e. The van der Waals surface area contributed by atoms with Crippen LogP contribution in [0.1, 0.15) is 51.0 Å². The molecule has 1 rings (SSSR count). The van der Waals surface area contributed by atoms with Crippen molar-refractivity contribution in [2.45, 2.75) is 52.5 Å². The molecule has 0 aliphatic heterocycles. The number of hydrogen-bond donors (Lipinski definition) is 1. The third-order valence-corrected chi connectivity index (χ3v) is 2.81. The highest BCUT2D eigenvalue weighted by Crippen LogP contribution is 2.19. The van der Waals surface area contributed by atoms with Crippen molar-refractivity contribution in [3.63, 3.8) is 0 Å². The molecular formula is C11H19N3O2. The van der Waals surface area contributed by atoms with E-state index in [9.17, 15) is 4.79 Å². The van der Waals surface area contributed by atoms with Gasteiger partial charge in [0.05, 0.1) is 23.9 Å². The molecule has 1 aromatic heterocycles. The lowest BCUT2D eigenvalue weighted by Gasteiger charge is -2.15. The fourth-order valence-corrected chi connectivity index (χ4v) is 1.92. The van der Waals surface area contributed by atoms with Crippen LogP contribution in [-0.4, -0.2) is 26.1 Å². The quantitative estimate of drug-likeness (QED) is 0.802. The zero-order valence-corrected chi connectivity index (χ0v) is 10.1. The van der Waals surface area contributed by atoms with Crippen LogP contribution in [0.15, 0.2) is 0 Å². The highest BCUT2D eigenvalue weighted by atomic mass is 16.4. The van der Waals surface area contributed by atoms with Gasteiger partial charge in [0.1, 0.15) is 0 Å². The molecular weight excluding hydrogens is 206 g/mol. The number of carboxylic acid groups (broad SMARTS) is 1. The average molecular weight is 225 g/mol. The first-order valence-electron chi connectivity index (χ1n) is 5.78. The number of nitrogens with zero attached hydrogens (tertiary/aromatic N) is 3. The second-order valence-electron chi connectivity index (χ2n) is 3.82. The summed E-state index contributed by atoms with van der Waals surface area (Å²) in [6.07, 6.45) is 2.70. The van der Waals surface area contributed by atoms with E-state index in [2.05, 4.69) is 24.2 Å². The summed E-state index contributed by atoms with van der Waals surface area (Å²) in [4.78, 5) is 10.7. The summed E-state index contributed by atoms with van der Waals surface area (Å²) < 4.78 is 1.89. The Labute approximate surface area is 95.5 Å². The Balaban J connectivity index is 3.02. The van der Waals surface area contributed by atoms with Gasteiger partial charge in [-0.05, 0) is 19.3 Å². The average Bonchev–Trinajstić information content (AvgIpc) is 2.62. The van der Waals surface area contributed by atoms with Crippen LogP contribution >= 0.6 is 0 Å². The van der Waals surface area contributed by atoms with Crippen molar-refractivity contribution in [1.29, 1.82) is 0 Å². The molecule has 1 N–H and O–H groups in total. The van der Waals surface area contributed by atoms with Crippen LogP contribution in [0.4, 0.5) is 0 Å². The van der Waals surface area contributed by atoms with Gasteiger partial charge in [0.2, 0.25) is 0 Å². The van der Waals surface area contributed by atoms with Crippen LogP contribution in [0, 0.1) is 0 Å². The van der Waals surface area contributed by atoms with Gasteiger partial charge in [0.25, 0.3) is 0 Å². The molecule has 0 saturated carbocycles. The fourth-order valence-electron chi connectivity index (χ4n) is 1.92. The molecule has 5 nitrogen and oxygen atoms in total. The molecule has 0 aromatic carbocycles. The first-order chi connectivity index (χ1) is 7.63. The Morgan fingerprint density at radius 1 is 1.38 bits per heavy atom. The van der Waals surface area contributed by atoms with Gasteiger partial charge >= 0.3 is 5.97 Å². The molecule has 0 unspecified atom stereocenters. The van der Waals surface area contributed by atoms with Gasteiger partial charge in [-0.3, -0.25) is 4.79 Å². The maximum absolute atomic E-state index is 10.7. The van der Waals surface area contributed by atoms with Crippen LogP contribution in [0.5, 0.6) is 0 Å². The molecule has 16 heavy (non-hydrogen) atoms. The van der Waals surface area contributed by atoms with E-state index in [1.165, 1.54) is 0 Å². The summed E-state index contributed by atoms with van der Waals surface area (Å²) >= 11 is 0. The molecule has 1 heterocycles. The Bertz CT molecular complexity index is 356. The Kier molecular flexibility index (Phi) is 4.46. The standard InChI is InChI=1S/C11H19N3O2/c1-4-8(5-2)14-10(6-3)9(12-13-14)7-11(15)16/h8H,4-7H2,1-3H3,(H,15,16). The molecule has 0 atom stereocenters. The highest BCUT2D eigenvalue weighted by Gasteiger charge is 2.18. The first-order valence-corrected chi connectivity index (χ1v) is 5.78. The van der Waals surface area contributed by atoms with Crippen LogP contribution in [0.3, 0.4) is 0 Å². The van der Waals surface area contributed by atoms with Crippen LogP contribution in [0.25, 0.3) is 0 Å². The van der Waals surface area contributed by atoms with E-state index in [4.69, 9.17) is 5.11 Å². The van der Waals surface area contributed by atoms with Crippen molar-refractivity contribution in [3.05, 3.63) is 11.4 Å². The predicted molar refractivity (Wildman–Crippen MR) is 60.4 cm³/mol. The summed E-state index contributed by atoms with van der Waals surface area (Å²) in [6.45, 7) is 6.21. The van der Waals surface area contributed by atoms with E-state index >= 15 is 0 Å². The van der Waals surface area contributed by atoms with Crippen molar-refractivity contribution in [1.82, 2.24) is 15.0 Å². The molecule has 0 bridgehead atoms. The van der Waals surface area contributed by atoms with E-state index in [0.717, 1.165) is 25.0 Å². The molecule has 0 fully saturated rings. The minimum Gasteiger partial charge on any atom is -0.481 e. The number of aliphatic carboxylic acids is 1. The minimum absolute atomic E-state index is 0.0384. The lowest BCUT2D eigenvalue weighted by Crippen LogP contribution is -2.13. The van der Waals surface area contributed by atoms with Crippen LogP contribution in [0.2, 0.25) is 0 Å². The molecule has 0 aliphatic rings. The summed E-state index contributed by atoms with van der Waals surface area (Å²) in [5, 5.41) is 16.8. The third kappa shape index (κ3) is 2.59. The van der Waals surface area contributed by atoms with Crippen molar-refractivity contribution < 1.29 is 9.90 Å². The van der Waals surface area contributed by atoms with Crippen molar-refractivity contribution in [3.8, 4) is 0 Å². The largest absolute Gasteiger partial charge is 0.481 e. The summed E-state index contributed by atoms with van der Waals surface area (Å²) in [5.74, 6) is -0.855. The zero-order valence-electron chi connectivity index (χ0n) is 10.1. The lowest BCUT2D eigenvalue weighted by molar-refractivity contribution is -0.136. The summed E-state index contributed by atoms with van der Waals surface area (Å²) in [6, 6.07) is 0.324. The van der Waals surface area contributed by atoms with Gasteiger partial charge in [-0.25, -0.2) is 4.68 Å².